The monoisotopic (exact) mass is 970 g/mol. The normalized spacial score (nSPS) is 12.4. The summed E-state index contributed by atoms with van der Waals surface area (Å²) < 4.78 is 2.46. The van der Waals surface area contributed by atoms with E-state index >= 15 is 0 Å². The molecule has 3 heterocycles. The van der Waals surface area contributed by atoms with Gasteiger partial charge in [-0.05, 0) is 151 Å². The second-order valence-corrected chi connectivity index (χ2v) is 20.4. The zero-order valence-electron chi connectivity index (χ0n) is 42.2. The number of hydrogen-bond acceptors (Lipinski definition) is 3. The zero-order chi connectivity index (χ0) is 50.7. The highest BCUT2D eigenvalue weighted by Crippen LogP contribution is 2.48. The molecule has 1 aliphatic rings. The summed E-state index contributed by atoms with van der Waals surface area (Å²) in [6.45, 7) is 4.69. The van der Waals surface area contributed by atoms with Crippen molar-refractivity contribution in [3.63, 3.8) is 0 Å². The first-order valence-electron chi connectivity index (χ1n) is 26.1. The van der Waals surface area contributed by atoms with Crippen LogP contribution in [-0.4, -0.2) is 19.5 Å². The van der Waals surface area contributed by atoms with Crippen LogP contribution in [0.15, 0.2) is 267 Å². The first-order valence-corrected chi connectivity index (χ1v) is 26.1. The second kappa shape index (κ2) is 18.3. The lowest BCUT2D eigenvalue weighted by Gasteiger charge is -2.35. The molecule has 0 unspecified atom stereocenters. The molecule has 2 aromatic heterocycles. The Balaban J connectivity index is 0.942. The van der Waals surface area contributed by atoms with Crippen molar-refractivity contribution in [3.05, 3.63) is 278 Å². The van der Waals surface area contributed by atoms with Gasteiger partial charge in [0.15, 0.2) is 17.5 Å². The minimum Gasteiger partial charge on any atom is -0.309 e. The maximum atomic E-state index is 5.43. The van der Waals surface area contributed by atoms with E-state index in [1.165, 1.54) is 60.9 Å². The largest absolute Gasteiger partial charge is 0.309 e. The van der Waals surface area contributed by atoms with Gasteiger partial charge in [0.1, 0.15) is 0 Å². The predicted molar refractivity (Wildman–Crippen MR) is 315 cm³/mol. The van der Waals surface area contributed by atoms with Crippen LogP contribution < -0.4 is 0 Å². The van der Waals surface area contributed by atoms with E-state index in [-0.39, 0.29) is 5.41 Å². The molecule has 0 saturated carbocycles. The molecular weight excluding hydrogens is 921 g/mol. The Morgan fingerprint density at radius 3 is 1.07 bits per heavy atom. The number of para-hydroxylation sites is 2. The summed E-state index contributed by atoms with van der Waals surface area (Å²) >= 11 is 0. The Hall–Kier alpha value is -9.77. The van der Waals surface area contributed by atoms with E-state index in [2.05, 4.69) is 285 Å². The van der Waals surface area contributed by atoms with Crippen molar-refractivity contribution in [2.24, 2.45) is 0 Å². The molecule has 0 fully saturated rings. The third kappa shape index (κ3) is 7.91. The summed E-state index contributed by atoms with van der Waals surface area (Å²) in [5, 5.41) is 2.53. The quantitative estimate of drug-likeness (QED) is 0.145. The van der Waals surface area contributed by atoms with Crippen LogP contribution >= 0.6 is 0 Å². The molecule has 0 saturated heterocycles. The molecule has 4 nitrogen and oxygen atoms in total. The summed E-state index contributed by atoms with van der Waals surface area (Å²) in [4.78, 5) is 16.3. The molecule has 4 heteroatoms. The van der Waals surface area contributed by atoms with E-state index in [1.807, 2.05) is 0 Å². The minimum absolute atomic E-state index is 0.309. The fourth-order valence-corrected chi connectivity index (χ4v) is 11.5. The number of aromatic nitrogens is 4. The van der Waals surface area contributed by atoms with Crippen molar-refractivity contribution in [2.75, 3.05) is 0 Å². The summed E-state index contributed by atoms with van der Waals surface area (Å²) in [7, 11) is 0. The third-order valence-corrected chi connectivity index (χ3v) is 15.4. The molecule has 0 spiro atoms. The van der Waals surface area contributed by atoms with Gasteiger partial charge >= 0.3 is 0 Å². The van der Waals surface area contributed by atoms with E-state index in [0.717, 1.165) is 61.2 Å². The molecule has 0 N–H and O–H groups in total. The van der Waals surface area contributed by atoms with Gasteiger partial charge in [0.2, 0.25) is 0 Å². The lowest BCUT2D eigenvalue weighted by Crippen LogP contribution is -2.26. The zero-order valence-corrected chi connectivity index (χ0v) is 42.2. The lowest BCUT2D eigenvalue weighted by atomic mass is 9.74. The molecular formula is C72H50N4. The van der Waals surface area contributed by atoms with Gasteiger partial charge in [-0.1, -0.05) is 208 Å². The van der Waals surface area contributed by atoms with Crippen molar-refractivity contribution < 1.29 is 0 Å². The summed E-state index contributed by atoms with van der Waals surface area (Å²) in [5.74, 6) is 1.82. The molecule has 0 atom stereocenters. The van der Waals surface area contributed by atoms with E-state index < -0.39 is 0 Å². The molecule has 0 radical (unpaired) electrons. The van der Waals surface area contributed by atoms with E-state index in [0.29, 0.717) is 17.5 Å². The topological polar surface area (TPSA) is 43.6 Å². The van der Waals surface area contributed by atoms with Crippen LogP contribution in [-0.2, 0) is 5.41 Å². The number of rotatable bonds is 9. The Morgan fingerprint density at radius 2 is 0.605 bits per heavy atom. The fraction of sp³-hybridized carbons (Fsp3) is 0.0417. The maximum absolute atomic E-state index is 5.43. The molecule has 13 aromatic rings. The van der Waals surface area contributed by atoms with Crippen molar-refractivity contribution in [3.8, 4) is 107 Å². The molecule has 11 aromatic carbocycles. The van der Waals surface area contributed by atoms with Gasteiger partial charge in [-0.25, -0.2) is 15.0 Å². The van der Waals surface area contributed by atoms with E-state index in [4.69, 9.17) is 15.0 Å². The average Bonchev–Trinajstić information content (AvgIpc) is 4.05. The number of fused-ring (bicyclic) bond motifs is 5. The maximum Gasteiger partial charge on any atom is 0.164 e. The van der Waals surface area contributed by atoms with Gasteiger partial charge in [0.25, 0.3) is 0 Å². The third-order valence-electron chi connectivity index (χ3n) is 15.4. The highest BCUT2D eigenvalue weighted by Gasteiger charge is 2.35. The van der Waals surface area contributed by atoms with Gasteiger partial charge in [0, 0.05) is 32.9 Å². The molecule has 0 aliphatic carbocycles. The smallest absolute Gasteiger partial charge is 0.164 e. The summed E-state index contributed by atoms with van der Waals surface area (Å²) in [6, 6.07) is 95.9. The predicted octanol–water partition coefficient (Wildman–Crippen LogP) is 18.6. The van der Waals surface area contributed by atoms with Gasteiger partial charge in [0.05, 0.1) is 16.7 Å². The summed E-state index contributed by atoms with van der Waals surface area (Å²) in [6.07, 6.45) is 0. The number of benzene rings is 11. The standard InChI is InChI=1S/C72H50N4/c1-72(2)64-34-19-33-63-62-32-15-16-35-66(62)76(68(63)64)67-37-36-55(46-65(67)72)71-74-69(53-30-17-28-51(38-53)60-42-56(47-20-7-3-8-21-47)40-57(43-60)48-22-9-4-10-23-48)73-70(75-71)54-31-18-29-52(39-54)61-44-58(49-24-11-5-12-25-49)41-59(45-61)50-26-13-6-14-27-50/h3-46H,1-2H3. The molecule has 1 aliphatic heterocycles. The van der Waals surface area contributed by atoms with Crippen LogP contribution in [0.5, 0.6) is 0 Å². The van der Waals surface area contributed by atoms with Gasteiger partial charge in [-0.3, -0.25) is 0 Å². The molecule has 76 heavy (non-hydrogen) atoms. The van der Waals surface area contributed by atoms with Crippen molar-refractivity contribution in [1.82, 2.24) is 19.5 Å². The Morgan fingerprint density at radius 1 is 0.263 bits per heavy atom. The van der Waals surface area contributed by atoms with Crippen LogP contribution in [0.25, 0.3) is 128 Å². The highest BCUT2D eigenvalue weighted by atomic mass is 15.0. The van der Waals surface area contributed by atoms with Crippen LogP contribution in [0.2, 0.25) is 0 Å². The van der Waals surface area contributed by atoms with Gasteiger partial charge in [-0.15, -0.1) is 0 Å². The molecule has 0 amide bonds. The van der Waals surface area contributed by atoms with Crippen molar-refractivity contribution in [1.29, 1.82) is 0 Å². The number of nitrogens with zero attached hydrogens (tertiary/aromatic N) is 4. The number of hydrogen-bond donors (Lipinski definition) is 0. The molecule has 358 valence electrons. The van der Waals surface area contributed by atoms with Crippen LogP contribution in [0.3, 0.4) is 0 Å². The van der Waals surface area contributed by atoms with Gasteiger partial charge in [-0.2, -0.15) is 0 Å². The first-order chi connectivity index (χ1) is 37.4. The van der Waals surface area contributed by atoms with Gasteiger partial charge < -0.3 is 4.57 Å². The van der Waals surface area contributed by atoms with Crippen molar-refractivity contribution in [2.45, 2.75) is 19.3 Å². The Kier molecular flexibility index (Phi) is 10.8. The second-order valence-electron chi connectivity index (χ2n) is 20.4. The SMILES string of the molecule is CC1(C)c2cc(-c3nc(-c4cccc(-c5cc(-c6ccccc6)cc(-c6ccccc6)c5)c4)nc(-c4cccc(-c5cc(-c6ccccc6)cc(-c6ccccc6)c5)c4)n3)ccc2-n2c3ccccc3c3cccc1c32. The summed E-state index contributed by atoms with van der Waals surface area (Å²) in [5.41, 5.74) is 22.3. The molecule has 14 rings (SSSR count). The van der Waals surface area contributed by atoms with Crippen LogP contribution in [0.4, 0.5) is 0 Å². The Bertz CT molecular complexity index is 4040. The van der Waals surface area contributed by atoms with Crippen LogP contribution in [0.1, 0.15) is 25.0 Å². The minimum atomic E-state index is -0.309. The van der Waals surface area contributed by atoms with E-state index in [1.54, 1.807) is 0 Å². The lowest BCUT2D eigenvalue weighted by molar-refractivity contribution is 0.630. The van der Waals surface area contributed by atoms with Crippen molar-refractivity contribution >= 4 is 21.8 Å². The molecule has 0 bridgehead atoms. The first kappa shape index (κ1) is 44.9. The Labute approximate surface area is 443 Å². The van der Waals surface area contributed by atoms with E-state index in [9.17, 15) is 0 Å². The highest BCUT2D eigenvalue weighted by molar-refractivity contribution is 6.11. The average molecular weight is 971 g/mol. The van der Waals surface area contributed by atoms with Crippen LogP contribution in [0, 0.1) is 0 Å². The fourth-order valence-electron chi connectivity index (χ4n) is 11.5.